The molecule has 0 aliphatic heterocycles. The van der Waals surface area contributed by atoms with Crippen LogP contribution in [0.4, 0.5) is 11.4 Å². The topological polar surface area (TPSA) is 111 Å². The van der Waals surface area contributed by atoms with Crippen LogP contribution in [-0.4, -0.2) is 37.0 Å². The molecule has 0 spiro atoms. The molecule has 2 amide bonds. The monoisotopic (exact) mass is 510 g/mol. The Bertz CT molecular complexity index is 965. The maximum Gasteiger partial charge on any atom is 0.338 e. The molecule has 164 valence electrons. The lowest BCUT2D eigenvalue weighted by Crippen LogP contribution is -2.22. The number of halogens is 2. The van der Waals surface area contributed by atoms with Crippen LogP contribution in [-0.2, 0) is 23.9 Å². The average molecular weight is 512 g/mol. The van der Waals surface area contributed by atoms with Gasteiger partial charge in [0.1, 0.15) is 0 Å². The first kappa shape index (κ1) is 24.4. The molecule has 0 aliphatic rings. The van der Waals surface area contributed by atoms with E-state index in [1.54, 1.807) is 37.3 Å². The van der Waals surface area contributed by atoms with Crippen LogP contribution in [0.3, 0.4) is 0 Å². The van der Waals surface area contributed by atoms with E-state index in [0.717, 1.165) is 4.47 Å². The van der Waals surface area contributed by atoms with Crippen LogP contribution in [0.15, 0.2) is 46.9 Å². The molecule has 31 heavy (non-hydrogen) atoms. The maximum atomic E-state index is 12.0. The van der Waals surface area contributed by atoms with Gasteiger partial charge in [-0.15, -0.1) is 0 Å². The lowest BCUT2D eigenvalue weighted by atomic mass is 10.2. The van der Waals surface area contributed by atoms with Gasteiger partial charge in [-0.3, -0.25) is 14.4 Å². The molecule has 0 atom stereocenters. The number of hydrogen-bond acceptors (Lipinski definition) is 6. The van der Waals surface area contributed by atoms with E-state index in [1.165, 1.54) is 12.1 Å². The second-order valence-electron chi connectivity index (χ2n) is 6.18. The minimum Gasteiger partial charge on any atom is -0.462 e. The van der Waals surface area contributed by atoms with Crippen molar-refractivity contribution in [3.63, 3.8) is 0 Å². The first-order valence-electron chi connectivity index (χ1n) is 9.26. The van der Waals surface area contributed by atoms with Gasteiger partial charge in [-0.2, -0.15) is 0 Å². The lowest BCUT2D eigenvalue weighted by molar-refractivity contribution is -0.147. The number of carbonyl (C=O) groups excluding carboxylic acids is 4. The Morgan fingerprint density at radius 3 is 2.29 bits per heavy atom. The van der Waals surface area contributed by atoms with Crippen LogP contribution in [0.5, 0.6) is 0 Å². The van der Waals surface area contributed by atoms with Gasteiger partial charge >= 0.3 is 11.9 Å². The van der Waals surface area contributed by atoms with Crippen LogP contribution >= 0.6 is 27.5 Å². The number of carbonyl (C=O) groups is 4. The second-order valence-corrected chi connectivity index (χ2v) is 7.50. The van der Waals surface area contributed by atoms with Gasteiger partial charge in [-0.05, 0) is 49.4 Å². The summed E-state index contributed by atoms with van der Waals surface area (Å²) in [5.41, 5.74) is 1.22. The van der Waals surface area contributed by atoms with Crippen LogP contribution in [0.1, 0.15) is 30.1 Å². The summed E-state index contributed by atoms with van der Waals surface area (Å²) in [6.07, 6.45) is -0.322. The standard InChI is InChI=1S/C21H20BrClN2O6/c1-2-30-21(29)13-3-6-15(7-4-13)24-18(26)9-10-20(28)31-12-19(27)25-17-8-5-14(22)11-16(17)23/h3-8,11H,2,9-10,12H2,1H3,(H,24,26)(H,25,27). The van der Waals surface area contributed by atoms with E-state index in [1.807, 2.05) is 0 Å². The zero-order valence-corrected chi connectivity index (χ0v) is 18.9. The smallest absolute Gasteiger partial charge is 0.338 e. The van der Waals surface area contributed by atoms with Gasteiger partial charge in [-0.1, -0.05) is 27.5 Å². The summed E-state index contributed by atoms with van der Waals surface area (Å²) in [6.45, 7) is 1.48. The van der Waals surface area contributed by atoms with E-state index in [4.69, 9.17) is 21.1 Å². The third kappa shape index (κ3) is 8.39. The molecule has 0 heterocycles. The SMILES string of the molecule is CCOC(=O)c1ccc(NC(=O)CCC(=O)OCC(=O)Nc2ccc(Br)cc2Cl)cc1. The van der Waals surface area contributed by atoms with Crippen LogP contribution in [0.25, 0.3) is 0 Å². The number of ether oxygens (including phenoxy) is 2. The highest BCUT2D eigenvalue weighted by atomic mass is 79.9. The molecule has 2 N–H and O–H groups in total. The highest BCUT2D eigenvalue weighted by Gasteiger charge is 2.12. The molecule has 0 radical (unpaired) electrons. The zero-order chi connectivity index (χ0) is 22.8. The number of amides is 2. The molecule has 10 heteroatoms. The predicted octanol–water partition coefficient (Wildman–Crippen LogP) is 4.18. The molecule has 8 nitrogen and oxygen atoms in total. The van der Waals surface area contributed by atoms with Gasteiger partial charge in [0, 0.05) is 16.6 Å². The minimum absolute atomic E-state index is 0.126. The predicted molar refractivity (Wildman–Crippen MR) is 119 cm³/mol. The summed E-state index contributed by atoms with van der Waals surface area (Å²) in [7, 11) is 0. The lowest BCUT2D eigenvalue weighted by Gasteiger charge is -2.09. The Morgan fingerprint density at radius 1 is 0.935 bits per heavy atom. The van der Waals surface area contributed by atoms with Crippen molar-refractivity contribution < 1.29 is 28.7 Å². The van der Waals surface area contributed by atoms with E-state index < -0.39 is 30.4 Å². The number of benzene rings is 2. The number of nitrogens with one attached hydrogen (secondary N) is 2. The van der Waals surface area contributed by atoms with Crippen molar-refractivity contribution in [1.29, 1.82) is 0 Å². The third-order valence-electron chi connectivity index (χ3n) is 3.81. The highest BCUT2D eigenvalue weighted by Crippen LogP contribution is 2.25. The summed E-state index contributed by atoms with van der Waals surface area (Å²) < 4.78 is 10.5. The maximum absolute atomic E-state index is 12.0. The Balaban J connectivity index is 1.71. The number of hydrogen-bond donors (Lipinski definition) is 2. The van der Waals surface area contributed by atoms with Crippen molar-refractivity contribution in [2.24, 2.45) is 0 Å². The van der Waals surface area contributed by atoms with Crippen molar-refractivity contribution in [2.75, 3.05) is 23.8 Å². The van der Waals surface area contributed by atoms with Gasteiger partial charge < -0.3 is 20.1 Å². The van der Waals surface area contributed by atoms with Crippen LogP contribution in [0.2, 0.25) is 5.02 Å². The van der Waals surface area contributed by atoms with Crippen molar-refractivity contribution in [3.05, 3.63) is 57.5 Å². The van der Waals surface area contributed by atoms with Gasteiger partial charge in [0.25, 0.3) is 5.91 Å². The van der Waals surface area contributed by atoms with Crippen molar-refractivity contribution in [3.8, 4) is 0 Å². The highest BCUT2D eigenvalue weighted by molar-refractivity contribution is 9.10. The largest absolute Gasteiger partial charge is 0.462 e. The van der Waals surface area contributed by atoms with Gasteiger partial charge in [0.2, 0.25) is 5.91 Å². The fourth-order valence-corrected chi connectivity index (χ4v) is 3.06. The van der Waals surface area contributed by atoms with Gasteiger partial charge in [0.05, 0.1) is 29.3 Å². The average Bonchev–Trinajstić information content (AvgIpc) is 2.73. The summed E-state index contributed by atoms with van der Waals surface area (Å²) in [5, 5.41) is 5.47. The Kier molecular flexibility index (Phi) is 9.48. The number of esters is 2. The molecule has 2 aromatic rings. The Hall–Kier alpha value is -2.91. The van der Waals surface area contributed by atoms with E-state index >= 15 is 0 Å². The minimum atomic E-state index is -0.690. The first-order chi connectivity index (χ1) is 14.8. The fraction of sp³-hybridized carbons (Fsp3) is 0.238. The first-order valence-corrected chi connectivity index (χ1v) is 10.4. The molecule has 0 fully saturated rings. The molecular formula is C21H20BrClN2O6. The summed E-state index contributed by atoms with van der Waals surface area (Å²) in [5.74, 6) is -2.10. The number of anilines is 2. The molecule has 2 rings (SSSR count). The Labute approximate surface area is 192 Å². The zero-order valence-electron chi connectivity index (χ0n) is 16.6. The summed E-state index contributed by atoms with van der Waals surface area (Å²) >= 11 is 9.26. The van der Waals surface area contributed by atoms with E-state index in [9.17, 15) is 19.2 Å². The molecule has 0 aromatic heterocycles. The van der Waals surface area contributed by atoms with Crippen molar-refractivity contribution in [2.45, 2.75) is 19.8 Å². The normalized spacial score (nSPS) is 10.2. The fourth-order valence-electron chi connectivity index (χ4n) is 2.34. The van der Waals surface area contributed by atoms with E-state index in [-0.39, 0.29) is 19.4 Å². The molecule has 0 saturated carbocycles. The third-order valence-corrected chi connectivity index (χ3v) is 4.61. The molecule has 0 saturated heterocycles. The second kappa shape index (κ2) is 12.1. The van der Waals surface area contributed by atoms with Gasteiger partial charge in [0.15, 0.2) is 6.61 Å². The van der Waals surface area contributed by atoms with Crippen LogP contribution in [0, 0.1) is 0 Å². The number of rotatable bonds is 9. The molecular weight excluding hydrogens is 492 g/mol. The molecule has 2 aromatic carbocycles. The van der Waals surface area contributed by atoms with E-state index in [0.29, 0.717) is 22.0 Å². The van der Waals surface area contributed by atoms with Crippen molar-refractivity contribution >= 4 is 62.7 Å². The van der Waals surface area contributed by atoms with E-state index in [2.05, 4.69) is 26.6 Å². The van der Waals surface area contributed by atoms with Crippen molar-refractivity contribution in [1.82, 2.24) is 0 Å². The molecule has 0 bridgehead atoms. The molecule has 0 aliphatic carbocycles. The quantitative estimate of drug-likeness (QED) is 0.489. The molecule has 0 unspecified atom stereocenters. The summed E-state index contributed by atoms with van der Waals surface area (Å²) in [4.78, 5) is 47.2. The summed E-state index contributed by atoms with van der Waals surface area (Å²) in [6, 6.07) is 11.1. The van der Waals surface area contributed by atoms with Gasteiger partial charge in [-0.25, -0.2) is 4.79 Å². The Morgan fingerprint density at radius 2 is 1.65 bits per heavy atom. The van der Waals surface area contributed by atoms with Crippen LogP contribution < -0.4 is 10.6 Å².